The molecular weight excluding hydrogens is 595 g/mol. The first-order chi connectivity index (χ1) is 23.3. The summed E-state index contributed by atoms with van der Waals surface area (Å²) in [7, 11) is 0. The van der Waals surface area contributed by atoms with Crippen molar-refractivity contribution in [3.8, 4) is 56.5 Å². The third kappa shape index (κ3) is 4.92. The van der Waals surface area contributed by atoms with Crippen molar-refractivity contribution in [1.82, 2.24) is 24.9 Å². The molecule has 0 unspecified atom stereocenters. The van der Waals surface area contributed by atoms with Crippen LogP contribution < -0.4 is 0 Å². The van der Waals surface area contributed by atoms with E-state index in [0.29, 0.717) is 17.5 Å². The van der Waals surface area contributed by atoms with Gasteiger partial charge in [-0.2, -0.15) is 0 Å². The highest BCUT2D eigenvalue weighted by Crippen LogP contribution is 2.42. The number of benzene rings is 5. The Bertz CT molecular complexity index is 2520. The van der Waals surface area contributed by atoms with Gasteiger partial charge in [-0.1, -0.05) is 115 Å². The van der Waals surface area contributed by atoms with Crippen LogP contribution in [0.15, 0.2) is 152 Å². The van der Waals surface area contributed by atoms with E-state index in [1.807, 2.05) is 79.1 Å². The van der Waals surface area contributed by atoms with Crippen molar-refractivity contribution in [2.75, 3.05) is 0 Å². The third-order valence-corrected chi connectivity index (χ3v) is 9.54. The van der Waals surface area contributed by atoms with Crippen molar-refractivity contribution in [2.24, 2.45) is 0 Å². The monoisotopic (exact) mass is 619 g/mol. The van der Waals surface area contributed by atoms with E-state index in [1.54, 1.807) is 11.3 Å². The van der Waals surface area contributed by atoms with Gasteiger partial charge >= 0.3 is 0 Å². The molecule has 0 N–H and O–H groups in total. The molecule has 47 heavy (non-hydrogen) atoms. The maximum absolute atomic E-state index is 4.94. The van der Waals surface area contributed by atoms with Crippen LogP contribution >= 0.6 is 11.3 Å². The first-order valence-electron chi connectivity index (χ1n) is 15.4. The van der Waals surface area contributed by atoms with Crippen molar-refractivity contribution < 1.29 is 0 Å². The molecule has 0 bridgehead atoms. The van der Waals surface area contributed by atoms with Gasteiger partial charge in [-0.15, -0.1) is 11.3 Å². The summed E-state index contributed by atoms with van der Waals surface area (Å²) in [6, 6.07) is 47.8. The average molecular weight is 620 g/mol. The van der Waals surface area contributed by atoms with Crippen molar-refractivity contribution in [3.63, 3.8) is 0 Å². The number of nitrogens with zero attached hydrogens (tertiary/aromatic N) is 5. The molecule has 0 saturated heterocycles. The van der Waals surface area contributed by atoms with Gasteiger partial charge in [0.05, 0.1) is 11.2 Å². The van der Waals surface area contributed by atoms with E-state index in [4.69, 9.17) is 24.9 Å². The van der Waals surface area contributed by atoms with E-state index in [1.165, 1.54) is 14.8 Å². The molecule has 0 atom stereocenters. The van der Waals surface area contributed by atoms with Crippen molar-refractivity contribution in [2.45, 2.75) is 0 Å². The molecule has 9 aromatic rings. The minimum Gasteiger partial charge on any atom is -0.256 e. The van der Waals surface area contributed by atoms with Gasteiger partial charge in [0.1, 0.15) is 0 Å². The van der Waals surface area contributed by atoms with Crippen molar-refractivity contribution in [3.05, 3.63) is 152 Å². The summed E-state index contributed by atoms with van der Waals surface area (Å²) in [6.45, 7) is 0. The summed E-state index contributed by atoms with van der Waals surface area (Å²) >= 11 is 1.79. The van der Waals surface area contributed by atoms with E-state index < -0.39 is 0 Å². The predicted octanol–water partition coefficient (Wildman–Crippen LogP) is 10.5. The lowest BCUT2D eigenvalue weighted by molar-refractivity contribution is 1.07. The fourth-order valence-electron chi connectivity index (χ4n) is 6.18. The zero-order valence-corrected chi connectivity index (χ0v) is 25.9. The second kappa shape index (κ2) is 11.4. The zero-order chi connectivity index (χ0) is 31.2. The number of pyridine rings is 2. The third-order valence-electron chi connectivity index (χ3n) is 8.42. The quantitative estimate of drug-likeness (QED) is 0.192. The van der Waals surface area contributed by atoms with Crippen LogP contribution in [0.25, 0.3) is 87.6 Å². The summed E-state index contributed by atoms with van der Waals surface area (Å²) in [6.07, 6.45) is 3.75. The minimum absolute atomic E-state index is 0.641. The van der Waals surface area contributed by atoms with Crippen molar-refractivity contribution >= 4 is 42.4 Å². The molecule has 5 aromatic carbocycles. The predicted molar refractivity (Wildman–Crippen MR) is 193 cm³/mol. The molecule has 0 aliphatic carbocycles. The number of fused-ring (bicyclic) bond motifs is 4. The Morgan fingerprint density at radius 3 is 1.83 bits per heavy atom. The molecule has 4 heterocycles. The first-order valence-corrected chi connectivity index (χ1v) is 16.2. The van der Waals surface area contributed by atoms with Gasteiger partial charge in [-0.3, -0.25) is 9.97 Å². The Morgan fingerprint density at radius 2 is 1.06 bits per heavy atom. The van der Waals surface area contributed by atoms with E-state index in [0.717, 1.165) is 55.4 Å². The lowest BCUT2D eigenvalue weighted by atomic mass is 9.99. The van der Waals surface area contributed by atoms with E-state index >= 15 is 0 Å². The van der Waals surface area contributed by atoms with Crippen LogP contribution in [0.4, 0.5) is 0 Å². The molecule has 0 aliphatic heterocycles. The Kier molecular flexibility index (Phi) is 6.58. The van der Waals surface area contributed by atoms with Crippen molar-refractivity contribution in [1.29, 1.82) is 0 Å². The average Bonchev–Trinajstić information content (AvgIpc) is 3.53. The number of aromatic nitrogens is 5. The SMILES string of the molecule is c1ccc(-c2nc(-c3ccccc3)nc(-c3cccc(-c4ccc5c(c4)sc4ccnc(-c6cccc7cccnc67)c45)c3)n2)cc1. The van der Waals surface area contributed by atoms with Crippen LogP contribution in [-0.2, 0) is 0 Å². The van der Waals surface area contributed by atoms with Crippen LogP contribution in [0.5, 0.6) is 0 Å². The molecule has 0 aliphatic rings. The number of para-hydroxylation sites is 1. The largest absolute Gasteiger partial charge is 0.256 e. The second-order valence-electron chi connectivity index (χ2n) is 11.3. The number of hydrogen-bond acceptors (Lipinski definition) is 6. The fraction of sp³-hybridized carbons (Fsp3) is 0. The summed E-state index contributed by atoms with van der Waals surface area (Å²) in [4.78, 5) is 24.3. The highest BCUT2D eigenvalue weighted by molar-refractivity contribution is 7.26. The number of thiophene rings is 1. The Balaban J connectivity index is 1.15. The lowest BCUT2D eigenvalue weighted by Crippen LogP contribution is -2.00. The standard InChI is InChI=1S/C41H25N5S/c1-3-10-27(11-4-1)39-44-40(28-12-5-2-6-13-28)46-41(45-39)31-16-7-15-29(24-31)30-19-20-32-35(25-30)47-34-21-23-43-38(36(32)34)33-18-8-14-26-17-9-22-42-37(26)33/h1-25H. The Labute approximate surface area is 275 Å². The zero-order valence-electron chi connectivity index (χ0n) is 25.1. The Hall–Kier alpha value is -6.11. The van der Waals surface area contributed by atoms with Gasteiger partial charge in [0.2, 0.25) is 0 Å². The topological polar surface area (TPSA) is 64.5 Å². The minimum atomic E-state index is 0.641. The molecule has 0 amide bonds. The second-order valence-corrected chi connectivity index (χ2v) is 12.4. The highest BCUT2D eigenvalue weighted by atomic mass is 32.1. The molecule has 0 fully saturated rings. The summed E-state index contributed by atoms with van der Waals surface area (Å²) in [5.41, 5.74) is 8.05. The number of rotatable bonds is 5. The van der Waals surface area contributed by atoms with E-state index in [-0.39, 0.29) is 0 Å². The molecule has 9 rings (SSSR count). The molecule has 4 aromatic heterocycles. The lowest BCUT2D eigenvalue weighted by Gasteiger charge is -2.10. The smallest absolute Gasteiger partial charge is 0.164 e. The van der Waals surface area contributed by atoms with Gasteiger partial charge in [-0.25, -0.2) is 15.0 Å². The molecule has 0 radical (unpaired) electrons. The van der Waals surface area contributed by atoms with Gasteiger partial charge in [0.25, 0.3) is 0 Å². The maximum Gasteiger partial charge on any atom is 0.164 e. The normalized spacial score (nSPS) is 11.4. The summed E-state index contributed by atoms with van der Waals surface area (Å²) in [5, 5.41) is 3.46. The Morgan fingerprint density at radius 1 is 0.426 bits per heavy atom. The molecule has 5 nitrogen and oxygen atoms in total. The van der Waals surface area contributed by atoms with Gasteiger partial charge in [0.15, 0.2) is 17.5 Å². The van der Waals surface area contributed by atoms with Crippen LogP contribution in [0, 0.1) is 0 Å². The van der Waals surface area contributed by atoms with Crippen LogP contribution in [0.2, 0.25) is 0 Å². The number of hydrogen-bond donors (Lipinski definition) is 0. The molecule has 6 heteroatoms. The molecule has 220 valence electrons. The van der Waals surface area contributed by atoms with E-state index in [2.05, 4.69) is 72.8 Å². The van der Waals surface area contributed by atoms with Crippen LogP contribution in [0.1, 0.15) is 0 Å². The van der Waals surface area contributed by atoms with E-state index in [9.17, 15) is 0 Å². The first kappa shape index (κ1) is 27.2. The fourth-order valence-corrected chi connectivity index (χ4v) is 7.32. The van der Waals surface area contributed by atoms with Gasteiger partial charge in [0, 0.05) is 60.2 Å². The van der Waals surface area contributed by atoms with Gasteiger partial charge in [-0.05, 0) is 35.4 Å². The molecule has 0 spiro atoms. The molecule has 0 saturated carbocycles. The van der Waals surface area contributed by atoms with Gasteiger partial charge < -0.3 is 0 Å². The van der Waals surface area contributed by atoms with Crippen LogP contribution in [-0.4, -0.2) is 24.9 Å². The summed E-state index contributed by atoms with van der Waals surface area (Å²) in [5.74, 6) is 1.94. The summed E-state index contributed by atoms with van der Waals surface area (Å²) < 4.78 is 2.42. The molecular formula is C41H25N5S. The maximum atomic E-state index is 4.94. The van der Waals surface area contributed by atoms with Crippen LogP contribution in [0.3, 0.4) is 0 Å². The highest BCUT2D eigenvalue weighted by Gasteiger charge is 2.16.